The molecule has 0 radical (unpaired) electrons. The number of hydrogen-bond donors (Lipinski definition) is 2. The first-order chi connectivity index (χ1) is 22.5. The predicted octanol–water partition coefficient (Wildman–Crippen LogP) is 2.92. The van der Waals surface area contributed by atoms with Gasteiger partial charge in [-0.05, 0) is 61.1 Å². The SMILES string of the molecule is C[C@H]1COCCN1C(=O)c1ccc(Nc2cc(-c3ccnc(N4CCn5c(cc6c5CC(C)(C)C6)C4=O)c3CO)nn(C)c2=O)nc1. The molecule has 7 rings (SSSR count). The van der Waals surface area contributed by atoms with E-state index in [2.05, 4.69) is 38.8 Å². The smallest absolute Gasteiger partial charge is 0.290 e. The molecule has 244 valence electrons. The summed E-state index contributed by atoms with van der Waals surface area (Å²) in [5.74, 6) is 0.459. The van der Waals surface area contributed by atoms with E-state index in [1.807, 2.05) is 13.0 Å². The molecule has 47 heavy (non-hydrogen) atoms. The van der Waals surface area contributed by atoms with Gasteiger partial charge in [0, 0.05) is 55.9 Å². The van der Waals surface area contributed by atoms with E-state index in [9.17, 15) is 19.5 Å². The number of aliphatic hydroxyl groups is 1. The van der Waals surface area contributed by atoms with Crippen LogP contribution in [0.15, 0.2) is 47.5 Å². The van der Waals surface area contributed by atoms with Crippen LogP contribution in [0.5, 0.6) is 0 Å². The molecule has 1 atom stereocenters. The normalized spacial score (nSPS) is 18.7. The van der Waals surface area contributed by atoms with Gasteiger partial charge in [-0.1, -0.05) is 13.8 Å². The summed E-state index contributed by atoms with van der Waals surface area (Å²) in [7, 11) is 1.54. The maximum Gasteiger partial charge on any atom is 0.290 e. The number of aliphatic hydroxyl groups excluding tert-OH is 1. The summed E-state index contributed by atoms with van der Waals surface area (Å²) in [5, 5.41) is 18.1. The van der Waals surface area contributed by atoms with Gasteiger partial charge in [0.25, 0.3) is 17.4 Å². The summed E-state index contributed by atoms with van der Waals surface area (Å²) >= 11 is 0. The molecular formula is C34H38N8O5. The van der Waals surface area contributed by atoms with Gasteiger partial charge in [0.1, 0.15) is 23.0 Å². The lowest BCUT2D eigenvalue weighted by Gasteiger charge is -2.33. The van der Waals surface area contributed by atoms with Gasteiger partial charge in [-0.15, -0.1) is 0 Å². The van der Waals surface area contributed by atoms with Crippen molar-refractivity contribution in [3.8, 4) is 11.3 Å². The molecule has 2 amide bonds. The van der Waals surface area contributed by atoms with Crippen molar-refractivity contribution in [1.82, 2.24) is 29.2 Å². The van der Waals surface area contributed by atoms with Crippen molar-refractivity contribution in [3.05, 3.63) is 81.2 Å². The number of morpholine rings is 1. The maximum absolute atomic E-state index is 13.8. The molecule has 0 unspecified atom stereocenters. The zero-order valence-corrected chi connectivity index (χ0v) is 27.0. The average molecular weight is 639 g/mol. The van der Waals surface area contributed by atoms with Crippen LogP contribution in [0.3, 0.4) is 0 Å². The van der Waals surface area contributed by atoms with E-state index in [0.29, 0.717) is 72.6 Å². The highest BCUT2D eigenvalue weighted by Crippen LogP contribution is 2.40. The largest absolute Gasteiger partial charge is 0.392 e. The van der Waals surface area contributed by atoms with E-state index in [0.717, 1.165) is 12.8 Å². The third-order valence-electron chi connectivity index (χ3n) is 9.31. The van der Waals surface area contributed by atoms with Crippen LogP contribution in [0, 0.1) is 5.41 Å². The number of pyridine rings is 2. The first-order valence-corrected chi connectivity index (χ1v) is 15.9. The van der Waals surface area contributed by atoms with Gasteiger partial charge in [-0.3, -0.25) is 19.3 Å². The zero-order chi connectivity index (χ0) is 33.0. The number of fused-ring (bicyclic) bond motifs is 3. The topological polar surface area (TPSA) is 148 Å². The minimum Gasteiger partial charge on any atom is -0.392 e. The first kappa shape index (κ1) is 30.8. The Balaban J connectivity index is 1.16. The standard InChI is InChI=1S/C34H38N8O5/c1-20-19-47-12-11-40(20)31(44)21-5-6-29(36-17-21)37-26-14-25(38-39(4)32(26)45)23-7-8-35-30(24(23)18-43)42-10-9-41-27(33(42)46)13-22-15-34(2,3)16-28(22)41/h5-8,13-14,17,20,43H,9-12,15-16,18-19H2,1-4H3,(H,36,37)/t20-/m0/s1. The molecule has 1 saturated heterocycles. The Morgan fingerprint density at radius 1 is 1.11 bits per heavy atom. The molecular weight excluding hydrogens is 600 g/mol. The number of carbonyl (C=O) groups excluding carboxylic acids is 2. The summed E-state index contributed by atoms with van der Waals surface area (Å²) in [4.78, 5) is 52.3. The molecule has 2 aliphatic heterocycles. The number of nitrogens with zero attached hydrogens (tertiary/aromatic N) is 7. The van der Waals surface area contributed by atoms with Crippen molar-refractivity contribution >= 4 is 29.1 Å². The predicted molar refractivity (Wildman–Crippen MR) is 175 cm³/mol. The lowest BCUT2D eigenvalue weighted by Crippen LogP contribution is -2.47. The third-order valence-corrected chi connectivity index (χ3v) is 9.31. The fourth-order valence-electron chi connectivity index (χ4n) is 6.98. The number of hydrogen-bond acceptors (Lipinski definition) is 9. The van der Waals surface area contributed by atoms with Crippen LogP contribution in [0.2, 0.25) is 0 Å². The van der Waals surface area contributed by atoms with Crippen LogP contribution in [-0.4, -0.2) is 78.5 Å². The van der Waals surface area contributed by atoms with Crippen molar-refractivity contribution in [2.24, 2.45) is 12.5 Å². The Hall–Kier alpha value is -4.88. The number of anilines is 3. The Bertz CT molecular complexity index is 1950. The molecule has 0 spiro atoms. The lowest BCUT2D eigenvalue weighted by molar-refractivity contribution is 0.00357. The molecule has 0 aromatic carbocycles. The average Bonchev–Trinajstić information content (AvgIpc) is 3.55. The van der Waals surface area contributed by atoms with E-state index in [1.165, 1.54) is 22.1 Å². The van der Waals surface area contributed by atoms with Gasteiger partial charge in [-0.2, -0.15) is 5.10 Å². The Kier molecular flexibility index (Phi) is 7.68. The number of carbonyl (C=O) groups is 2. The lowest BCUT2D eigenvalue weighted by atomic mass is 9.90. The number of aryl methyl sites for hydroxylation is 1. The minimum atomic E-state index is -0.389. The highest BCUT2D eigenvalue weighted by molar-refractivity contribution is 6.06. The highest BCUT2D eigenvalue weighted by atomic mass is 16.5. The molecule has 1 fully saturated rings. The number of ether oxygens (including phenoxy) is 1. The number of nitrogens with one attached hydrogen (secondary N) is 1. The van der Waals surface area contributed by atoms with Gasteiger partial charge in [-0.25, -0.2) is 14.6 Å². The second kappa shape index (κ2) is 11.7. The van der Waals surface area contributed by atoms with Crippen LogP contribution < -0.4 is 15.8 Å². The van der Waals surface area contributed by atoms with Gasteiger partial charge < -0.3 is 24.6 Å². The van der Waals surface area contributed by atoms with E-state index in [-0.39, 0.29) is 41.1 Å². The van der Waals surface area contributed by atoms with Crippen molar-refractivity contribution in [2.45, 2.75) is 52.8 Å². The second-order valence-electron chi connectivity index (χ2n) is 13.3. The summed E-state index contributed by atoms with van der Waals surface area (Å²) in [6, 6.07) is 8.60. The van der Waals surface area contributed by atoms with Gasteiger partial charge in [0.2, 0.25) is 0 Å². The summed E-state index contributed by atoms with van der Waals surface area (Å²) in [6.07, 6.45) is 4.94. The summed E-state index contributed by atoms with van der Waals surface area (Å²) in [6.45, 7) is 8.61. The molecule has 2 N–H and O–H groups in total. The molecule has 1 aliphatic carbocycles. The van der Waals surface area contributed by atoms with Gasteiger partial charge in [0.15, 0.2) is 0 Å². The van der Waals surface area contributed by atoms with Crippen molar-refractivity contribution in [1.29, 1.82) is 0 Å². The van der Waals surface area contributed by atoms with Gasteiger partial charge >= 0.3 is 0 Å². The highest BCUT2D eigenvalue weighted by Gasteiger charge is 2.37. The van der Waals surface area contributed by atoms with Crippen LogP contribution >= 0.6 is 0 Å². The molecule has 0 saturated carbocycles. The van der Waals surface area contributed by atoms with E-state index >= 15 is 0 Å². The van der Waals surface area contributed by atoms with E-state index in [1.54, 1.807) is 47.3 Å². The fraction of sp³-hybridized carbons (Fsp3) is 0.412. The van der Waals surface area contributed by atoms with Crippen LogP contribution in [0.25, 0.3) is 11.3 Å². The number of amides is 2. The molecule has 13 heteroatoms. The molecule has 3 aliphatic rings. The minimum absolute atomic E-state index is 0.0299. The summed E-state index contributed by atoms with van der Waals surface area (Å²) < 4.78 is 8.78. The Labute approximate surface area is 271 Å². The fourth-order valence-corrected chi connectivity index (χ4v) is 6.98. The molecule has 4 aromatic rings. The number of aromatic nitrogens is 5. The number of rotatable bonds is 6. The summed E-state index contributed by atoms with van der Waals surface area (Å²) in [5.41, 5.74) is 4.93. The molecule has 6 heterocycles. The Morgan fingerprint density at radius 2 is 1.94 bits per heavy atom. The van der Waals surface area contributed by atoms with Gasteiger partial charge in [0.05, 0.1) is 37.1 Å². The van der Waals surface area contributed by atoms with Crippen LogP contribution in [0.4, 0.5) is 17.3 Å². The molecule has 0 bridgehead atoms. The maximum atomic E-state index is 13.8. The van der Waals surface area contributed by atoms with Crippen LogP contribution in [0.1, 0.15) is 58.4 Å². The second-order valence-corrected chi connectivity index (χ2v) is 13.3. The van der Waals surface area contributed by atoms with Crippen LogP contribution in [-0.2, 0) is 37.8 Å². The zero-order valence-electron chi connectivity index (χ0n) is 27.0. The van der Waals surface area contributed by atoms with Crippen molar-refractivity contribution in [3.63, 3.8) is 0 Å². The Morgan fingerprint density at radius 3 is 2.68 bits per heavy atom. The molecule has 4 aromatic heterocycles. The first-order valence-electron chi connectivity index (χ1n) is 15.9. The monoisotopic (exact) mass is 638 g/mol. The molecule has 13 nitrogen and oxygen atoms in total. The third kappa shape index (κ3) is 5.48. The van der Waals surface area contributed by atoms with Crippen molar-refractivity contribution in [2.75, 3.05) is 36.5 Å². The van der Waals surface area contributed by atoms with E-state index < -0.39 is 0 Å². The van der Waals surface area contributed by atoms with E-state index in [4.69, 9.17) is 4.74 Å². The quantitative estimate of drug-likeness (QED) is 0.325. The van der Waals surface area contributed by atoms with Crippen molar-refractivity contribution < 1.29 is 19.4 Å².